The summed E-state index contributed by atoms with van der Waals surface area (Å²) in [5, 5.41) is 12.2. The maximum absolute atomic E-state index is 11.4. The standard InChI is InChI=1S/C11H21NO2S/c13-7-3-1-6-11(14)12-9-10-5-2-4-8-15-10/h10,13H,1-9H2,(H,12,14). The first-order chi connectivity index (χ1) is 7.33. The van der Waals surface area contributed by atoms with Gasteiger partial charge in [-0.25, -0.2) is 0 Å². The van der Waals surface area contributed by atoms with Crippen molar-refractivity contribution >= 4 is 17.7 Å². The Morgan fingerprint density at radius 1 is 1.40 bits per heavy atom. The van der Waals surface area contributed by atoms with Gasteiger partial charge in [-0.15, -0.1) is 0 Å². The van der Waals surface area contributed by atoms with Crippen LogP contribution in [0.15, 0.2) is 0 Å². The zero-order valence-corrected chi connectivity index (χ0v) is 10.0. The molecule has 0 bridgehead atoms. The molecule has 1 saturated heterocycles. The number of aliphatic hydroxyl groups is 1. The average Bonchev–Trinajstić information content (AvgIpc) is 2.28. The van der Waals surface area contributed by atoms with Crippen molar-refractivity contribution in [2.24, 2.45) is 0 Å². The van der Waals surface area contributed by atoms with Gasteiger partial charge in [0.1, 0.15) is 0 Å². The first kappa shape index (κ1) is 12.8. The first-order valence-electron chi connectivity index (χ1n) is 5.82. The van der Waals surface area contributed by atoms with Gasteiger partial charge >= 0.3 is 0 Å². The van der Waals surface area contributed by atoms with Gasteiger partial charge in [-0.05, 0) is 31.4 Å². The van der Waals surface area contributed by atoms with E-state index in [0.29, 0.717) is 11.7 Å². The first-order valence-corrected chi connectivity index (χ1v) is 6.87. The zero-order valence-electron chi connectivity index (χ0n) is 9.21. The van der Waals surface area contributed by atoms with Crippen LogP contribution >= 0.6 is 11.8 Å². The Bertz CT molecular complexity index is 181. The number of hydrogen-bond donors (Lipinski definition) is 2. The second kappa shape index (κ2) is 7.99. The molecule has 0 aliphatic carbocycles. The highest BCUT2D eigenvalue weighted by Crippen LogP contribution is 2.24. The molecule has 1 atom stereocenters. The van der Waals surface area contributed by atoms with E-state index in [1.807, 2.05) is 11.8 Å². The van der Waals surface area contributed by atoms with Crippen LogP contribution in [-0.2, 0) is 4.79 Å². The summed E-state index contributed by atoms with van der Waals surface area (Å²) < 4.78 is 0. The van der Waals surface area contributed by atoms with Crippen LogP contribution < -0.4 is 5.32 Å². The molecule has 15 heavy (non-hydrogen) atoms. The fraction of sp³-hybridized carbons (Fsp3) is 0.909. The smallest absolute Gasteiger partial charge is 0.220 e. The third kappa shape index (κ3) is 6.05. The summed E-state index contributed by atoms with van der Waals surface area (Å²) in [4.78, 5) is 11.4. The fourth-order valence-electron chi connectivity index (χ4n) is 1.68. The second-order valence-electron chi connectivity index (χ2n) is 3.97. The van der Waals surface area contributed by atoms with E-state index >= 15 is 0 Å². The molecular formula is C11H21NO2S. The second-order valence-corrected chi connectivity index (χ2v) is 5.38. The Hall–Kier alpha value is -0.220. The Labute approximate surface area is 96.0 Å². The number of hydrogen-bond acceptors (Lipinski definition) is 3. The number of carbonyl (C=O) groups is 1. The number of thioether (sulfide) groups is 1. The molecule has 1 unspecified atom stereocenters. The molecule has 0 radical (unpaired) electrons. The lowest BCUT2D eigenvalue weighted by atomic mass is 10.2. The van der Waals surface area contributed by atoms with Gasteiger partial charge in [-0.2, -0.15) is 11.8 Å². The van der Waals surface area contributed by atoms with Gasteiger partial charge in [-0.3, -0.25) is 4.79 Å². The van der Waals surface area contributed by atoms with Crippen LogP contribution in [0.5, 0.6) is 0 Å². The number of rotatable bonds is 6. The molecule has 1 aliphatic rings. The Morgan fingerprint density at radius 3 is 2.93 bits per heavy atom. The van der Waals surface area contributed by atoms with E-state index in [0.717, 1.165) is 19.4 Å². The minimum atomic E-state index is 0.134. The summed E-state index contributed by atoms with van der Waals surface area (Å²) in [5.74, 6) is 1.38. The van der Waals surface area contributed by atoms with Crippen molar-refractivity contribution in [3.05, 3.63) is 0 Å². The molecular weight excluding hydrogens is 210 g/mol. The van der Waals surface area contributed by atoms with Crippen molar-refractivity contribution in [3.8, 4) is 0 Å². The quantitative estimate of drug-likeness (QED) is 0.682. The SMILES string of the molecule is O=C(CCCCO)NCC1CCCCS1. The lowest BCUT2D eigenvalue weighted by Crippen LogP contribution is -2.31. The van der Waals surface area contributed by atoms with Crippen LogP contribution in [-0.4, -0.2) is 35.2 Å². The monoisotopic (exact) mass is 231 g/mol. The predicted molar refractivity (Wildman–Crippen MR) is 64.0 cm³/mol. The van der Waals surface area contributed by atoms with Crippen molar-refractivity contribution < 1.29 is 9.90 Å². The fourth-order valence-corrected chi connectivity index (χ4v) is 2.92. The molecule has 3 nitrogen and oxygen atoms in total. The molecule has 0 saturated carbocycles. The van der Waals surface area contributed by atoms with E-state index in [4.69, 9.17) is 5.11 Å². The lowest BCUT2D eigenvalue weighted by Gasteiger charge is -2.21. The lowest BCUT2D eigenvalue weighted by molar-refractivity contribution is -0.121. The molecule has 0 aromatic rings. The topological polar surface area (TPSA) is 49.3 Å². The van der Waals surface area contributed by atoms with Crippen molar-refractivity contribution in [2.45, 2.75) is 43.8 Å². The van der Waals surface area contributed by atoms with E-state index in [2.05, 4.69) is 5.32 Å². The van der Waals surface area contributed by atoms with Gasteiger partial charge in [-0.1, -0.05) is 6.42 Å². The van der Waals surface area contributed by atoms with Gasteiger partial charge in [0.2, 0.25) is 5.91 Å². The normalized spacial score (nSPS) is 21.3. The molecule has 0 aromatic carbocycles. The number of amides is 1. The van der Waals surface area contributed by atoms with E-state index in [1.165, 1.54) is 25.0 Å². The third-order valence-electron chi connectivity index (χ3n) is 2.61. The highest BCUT2D eigenvalue weighted by molar-refractivity contribution is 7.99. The average molecular weight is 231 g/mol. The Morgan fingerprint density at radius 2 is 2.27 bits per heavy atom. The number of aliphatic hydroxyl groups excluding tert-OH is 1. The van der Waals surface area contributed by atoms with E-state index < -0.39 is 0 Å². The highest BCUT2D eigenvalue weighted by atomic mass is 32.2. The molecule has 1 rings (SSSR count). The third-order valence-corrected chi connectivity index (χ3v) is 4.01. The number of unbranched alkanes of at least 4 members (excludes halogenated alkanes) is 1. The molecule has 1 heterocycles. The maximum Gasteiger partial charge on any atom is 0.220 e. The van der Waals surface area contributed by atoms with Crippen LogP contribution in [0.2, 0.25) is 0 Å². The van der Waals surface area contributed by atoms with Gasteiger partial charge in [0.25, 0.3) is 0 Å². The zero-order chi connectivity index (χ0) is 10.9. The largest absolute Gasteiger partial charge is 0.396 e. The summed E-state index contributed by atoms with van der Waals surface area (Å²) in [7, 11) is 0. The summed E-state index contributed by atoms with van der Waals surface area (Å²) in [6.45, 7) is 1.01. The number of nitrogens with one attached hydrogen (secondary N) is 1. The predicted octanol–water partition coefficient (Wildman–Crippen LogP) is 1.55. The van der Waals surface area contributed by atoms with Crippen LogP contribution in [0, 0.1) is 0 Å². The molecule has 1 amide bonds. The molecule has 0 aromatic heterocycles. The summed E-state index contributed by atoms with van der Waals surface area (Å²) in [6.07, 6.45) is 5.94. The van der Waals surface area contributed by atoms with Gasteiger partial charge in [0.05, 0.1) is 0 Å². The molecule has 88 valence electrons. The van der Waals surface area contributed by atoms with Crippen LogP contribution in [0.3, 0.4) is 0 Å². The molecule has 2 N–H and O–H groups in total. The Kier molecular flexibility index (Phi) is 6.85. The summed E-state index contributed by atoms with van der Waals surface area (Å²) in [5.41, 5.74) is 0. The van der Waals surface area contributed by atoms with E-state index in [-0.39, 0.29) is 12.5 Å². The van der Waals surface area contributed by atoms with Crippen LogP contribution in [0.25, 0.3) is 0 Å². The molecule has 1 aliphatic heterocycles. The number of carbonyl (C=O) groups excluding carboxylic acids is 1. The minimum absolute atomic E-state index is 0.134. The minimum Gasteiger partial charge on any atom is -0.396 e. The van der Waals surface area contributed by atoms with Crippen molar-refractivity contribution in [3.63, 3.8) is 0 Å². The highest BCUT2D eigenvalue weighted by Gasteiger charge is 2.14. The summed E-state index contributed by atoms with van der Waals surface area (Å²) >= 11 is 1.98. The van der Waals surface area contributed by atoms with E-state index in [1.54, 1.807) is 0 Å². The maximum atomic E-state index is 11.4. The van der Waals surface area contributed by atoms with E-state index in [9.17, 15) is 4.79 Å². The van der Waals surface area contributed by atoms with Gasteiger partial charge < -0.3 is 10.4 Å². The summed E-state index contributed by atoms with van der Waals surface area (Å²) in [6, 6.07) is 0. The van der Waals surface area contributed by atoms with Gasteiger partial charge in [0.15, 0.2) is 0 Å². The van der Waals surface area contributed by atoms with Gasteiger partial charge in [0, 0.05) is 24.8 Å². The molecule has 0 spiro atoms. The van der Waals surface area contributed by atoms with Crippen molar-refractivity contribution in [2.75, 3.05) is 18.9 Å². The molecule has 1 fully saturated rings. The van der Waals surface area contributed by atoms with Crippen molar-refractivity contribution in [1.29, 1.82) is 0 Å². The van der Waals surface area contributed by atoms with Crippen LogP contribution in [0.4, 0.5) is 0 Å². The van der Waals surface area contributed by atoms with Crippen LogP contribution in [0.1, 0.15) is 38.5 Å². The molecule has 4 heteroatoms. The van der Waals surface area contributed by atoms with Crippen molar-refractivity contribution in [1.82, 2.24) is 5.32 Å². The Balaban J connectivity index is 2.00.